The van der Waals surface area contributed by atoms with E-state index in [4.69, 9.17) is 0 Å². The normalized spacial score (nSPS) is 27.0. The molecular formula is C24H48N4. The van der Waals surface area contributed by atoms with E-state index in [-0.39, 0.29) is 0 Å². The zero-order valence-corrected chi connectivity index (χ0v) is 19.2. The van der Waals surface area contributed by atoms with E-state index in [1.165, 1.54) is 116 Å². The van der Waals surface area contributed by atoms with Gasteiger partial charge in [0.15, 0.2) is 0 Å². The van der Waals surface area contributed by atoms with E-state index in [0.717, 1.165) is 0 Å². The zero-order chi connectivity index (χ0) is 19.8. The van der Waals surface area contributed by atoms with Crippen molar-refractivity contribution in [2.75, 3.05) is 39.3 Å². The van der Waals surface area contributed by atoms with E-state index >= 15 is 0 Å². The molecule has 3 atom stereocenters. The Kier molecular flexibility index (Phi) is 9.56. The van der Waals surface area contributed by atoms with E-state index < -0.39 is 0 Å². The van der Waals surface area contributed by atoms with Crippen LogP contribution in [0.5, 0.6) is 0 Å². The summed E-state index contributed by atoms with van der Waals surface area (Å²) in [6, 6.07) is 0. The van der Waals surface area contributed by atoms with Gasteiger partial charge in [-0.05, 0) is 97.1 Å². The molecule has 0 amide bonds. The Morgan fingerprint density at radius 2 is 0.714 bits per heavy atom. The standard InChI is InChI=1S/C24H48N4/c1-4-22(25-16-10-7-11-17-25)28(23(5-2)26-18-12-8-13-19-26)24(6-3)27-20-14-9-15-21-27/h22-24H,4-21H2,1-3H3. The van der Waals surface area contributed by atoms with Crippen molar-refractivity contribution in [1.29, 1.82) is 0 Å². The van der Waals surface area contributed by atoms with Gasteiger partial charge in [-0.1, -0.05) is 40.0 Å². The van der Waals surface area contributed by atoms with Crippen LogP contribution in [0.15, 0.2) is 0 Å². The molecule has 0 radical (unpaired) electrons. The van der Waals surface area contributed by atoms with Crippen LogP contribution >= 0.6 is 0 Å². The first-order valence-electron chi connectivity index (χ1n) is 12.8. The summed E-state index contributed by atoms with van der Waals surface area (Å²) in [6.45, 7) is 15.2. The lowest BCUT2D eigenvalue weighted by atomic mass is 10.0. The second kappa shape index (κ2) is 11.9. The molecule has 4 nitrogen and oxygen atoms in total. The molecule has 3 aliphatic rings. The van der Waals surface area contributed by atoms with Gasteiger partial charge in [0.1, 0.15) is 0 Å². The van der Waals surface area contributed by atoms with E-state index in [9.17, 15) is 0 Å². The van der Waals surface area contributed by atoms with Crippen molar-refractivity contribution < 1.29 is 0 Å². The summed E-state index contributed by atoms with van der Waals surface area (Å²) in [6.07, 6.45) is 18.3. The van der Waals surface area contributed by atoms with Crippen LogP contribution in [0.25, 0.3) is 0 Å². The summed E-state index contributed by atoms with van der Waals surface area (Å²) in [5.74, 6) is 0. The average Bonchev–Trinajstić information content (AvgIpc) is 2.77. The average molecular weight is 393 g/mol. The van der Waals surface area contributed by atoms with Crippen LogP contribution in [-0.2, 0) is 0 Å². The van der Waals surface area contributed by atoms with Crippen LogP contribution in [0, 0.1) is 0 Å². The third-order valence-corrected chi connectivity index (χ3v) is 7.56. The predicted molar refractivity (Wildman–Crippen MR) is 120 cm³/mol. The lowest BCUT2D eigenvalue weighted by Crippen LogP contribution is -2.65. The quantitative estimate of drug-likeness (QED) is 0.550. The van der Waals surface area contributed by atoms with Gasteiger partial charge in [-0.15, -0.1) is 0 Å². The first kappa shape index (κ1) is 22.5. The SMILES string of the molecule is CCC(N1CCCCC1)N(C(CC)N1CCCCC1)C(CC)N1CCCCC1. The molecule has 0 aromatic rings. The molecule has 0 saturated carbocycles. The Morgan fingerprint density at radius 1 is 0.464 bits per heavy atom. The Morgan fingerprint density at radius 3 is 0.929 bits per heavy atom. The highest BCUT2D eigenvalue weighted by molar-refractivity contribution is 4.88. The molecule has 3 heterocycles. The summed E-state index contributed by atoms with van der Waals surface area (Å²) < 4.78 is 0. The van der Waals surface area contributed by atoms with Crippen LogP contribution in [0.4, 0.5) is 0 Å². The van der Waals surface area contributed by atoms with Gasteiger partial charge >= 0.3 is 0 Å². The van der Waals surface area contributed by atoms with Gasteiger partial charge in [-0.2, -0.15) is 0 Å². The topological polar surface area (TPSA) is 13.0 Å². The minimum atomic E-state index is 0.610. The molecule has 0 aromatic carbocycles. The maximum atomic E-state index is 3.02. The fourth-order valence-corrected chi connectivity index (χ4v) is 6.22. The third-order valence-electron chi connectivity index (χ3n) is 7.56. The minimum Gasteiger partial charge on any atom is -0.288 e. The maximum absolute atomic E-state index is 3.02. The lowest BCUT2D eigenvalue weighted by Gasteiger charge is -2.54. The second-order valence-electron chi connectivity index (χ2n) is 9.40. The van der Waals surface area contributed by atoms with Gasteiger partial charge in [-0.25, -0.2) is 0 Å². The molecule has 0 aromatic heterocycles. The number of hydrogen-bond acceptors (Lipinski definition) is 4. The third kappa shape index (κ3) is 5.50. The molecule has 3 rings (SSSR count). The van der Waals surface area contributed by atoms with Crippen LogP contribution in [-0.4, -0.2) is 77.4 Å². The highest BCUT2D eigenvalue weighted by Crippen LogP contribution is 2.30. The Balaban J connectivity index is 1.87. The smallest absolute Gasteiger partial charge is 0.0648 e. The van der Waals surface area contributed by atoms with Crippen molar-refractivity contribution in [2.45, 2.75) is 116 Å². The number of nitrogens with zero attached hydrogens (tertiary/aromatic N) is 4. The van der Waals surface area contributed by atoms with E-state index in [1.807, 2.05) is 0 Å². The zero-order valence-electron chi connectivity index (χ0n) is 19.2. The first-order valence-corrected chi connectivity index (χ1v) is 12.8. The Hall–Kier alpha value is -0.160. The van der Waals surface area contributed by atoms with Gasteiger partial charge in [0, 0.05) is 0 Å². The summed E-state index contributed by atoms with van der Waals surface area (Å²) in [7, 11) is 0. The van der Waals surface area contributed by atoms with Crippen LogP contribution in [0.2, 0.25) is 0 Å². The summed E-state index contributed by atoms with van der Waals surface area (Å²) in [4.78, 5) is 11.6. The molecule has 3 fully saturated rings. The van der Waals surface area contributed by atoms with E-state index in [2.05, 4.69) is 40.4 Å². The molecule has 0 N–H and O–H groups in total. The molecule has 0 spiro atoms. The molecule has 0 aliphatic carbocycles. The monoisotopic (exact) mass is 392 g/mol. The lowest BCUT2D eigenvalue weighted by molar-refractivity contribution is -0.129. The summed E-state index contributed by atoms with van der Waals surface area (Å²) in [5, 5.41) is 0. The Bertz CT molecular complexity index is 349. The van der Waals surface area contributed by atoms with Gasteiger partial charge in [0.05, 0.1) is 18.5 Å². The number of likely N-dealkylation sites (tertiary alicyclic amines) is 3. The van der Waals surface area contributed by atoms with Crippen LogP contribution in [0.1, 0.15) is 97.8 Å². The molecule has 4 heteroatoms. The van der Waals surface area contributed by atoms with Crippen LogP contribution < -0.4 is 0 Å². The van der Waals surface area contributed by atoms with Gasteiger partial charge < -0.3 is 0 Å². The minimum absolute atomic E-state index is 0.610. The highest BCUT2D eigenvalue weighted by atomic mass is 15.5. The summed E-state index contributed by atoms with van der Waals surface area (Å²) >= 11 is 0. The summed E-state index contributed by atoms with van der Waals surface area (Å²) in [5.41, 5.74) is 0. The first-order chi connectivity index (χ1) is 13.8. The van der Waals surface area contributed by atoms with Crippen molar-refractivity contribution in [3.05, 3.63) is 0 Å². The van der Waals surface area contributed by atoms with E-state index in [0.29, 0.717) is 18.5 Å². The second-order valence-corrected chi connectivity index (χ2v) is 9.40. The van der Waals surface area contributed by atoms with Crippen molar-refractivity contribution in [3.63, 3.8) is 0 Å². The van der Waals surface area contributed by atoms with Gasteiger partial charge in [0.25, 0.3) is 0 Å². The number of piperidine rings is 3. The molecule has 3 unspecified atom stereocenters. The van der Waals surface area contributed by atoms with Crippen molar-refractivity contribution in [1.82, 2.24) is 19.6 Å². The molecule has 0 bridgehead atoms. The van der Waals surface area contributed by atoms with Gasteiger partial charge in [0.2, 0.25) is 0 Å². The largest absolute Gasteiger partial charge is 0.288 e. The van der Waals surface area contributed by atoms with E-state index in [1.54, 1.807) is 0 Å². The molecule has 3 aliphatic heterocycles. The predicted octanol–water partition coefficient (Wildman–Crippen LogP) is 4.95. The van der Waals surface area contributed by atoms with Crippen molar-refractivity contribution in [2.24, 2.45) is 0 Å². The van der Waals surface area contributed by atoms with Crippen molar-refractivity contribution in [3.8, 4) is 0 Å². The number of rotatable bonds is 9. The molecule has 164 valence electrons. The molecule has 3 saturated heterocycles. The van der Waals surface area contributed by atoms with Crippen LogP contribution in [0.3, 0.4) is 0 Å². The molecule has 28 heavy (non-hydrogen) atoms. The maximum Gasteiger partial charge on any atom is 0.0648 e. The Labute approximate surface area is 175 Å². The van der Waals surface area contributed by atoms with Crippen molar-refractivity contribution >= 4 is 0 Å². The molecular weight excluding hydrogens is 344 g/mol. The highest BCUT2D eigenvalue weighted by Gasteiger charge is 2.39. The number of hydrogen-bond donors (Lipinski definition) is 0. The fourth-order valence-electron chi connectivity index (χ4n) is 6.22. The fraction of sp³-hybridized carbons (Fsp3) is 1.00. The van der Waals surface area contributed by atoms with Gasteiger partial charge in [-0.3, -0.25) is 19.6 Å².